The van der Waals surface area contributed by atoms with Crippen LogP contribution in [0.25, 0.3) is 0 Å². The number of carbonyl (C=O) groups excluding carboxylic acids is 1. The molecule has 3 aromatic rings. The van der Waals surface area contributed by atoms with Crippen LogP contribution in [0.4, 0.5) is 5.95 Å². The second-order valence-corrected chi connectivity index (χ2v) is 8.44. The third kappa shape index (κ3) is 7.46. The van der Waals surface area contributed by atoms with Gasteiger partial charge >= 0.3 is 0 Å². The van der Waals surface area contributed by atoms with Crippen LogP contribution in [0.15, 0.2) is 53.6 Å². The van der Waals surface area contributed by atoms with E-state index in [0.717, 1.165) is 37.8 Å². The van der Waals surface area contributed by atoms with Crippen molar-refractivity contribution in [3.63, 3.8) is 0 Å². The minimum absolute atomic E-state index is 0.116. The Morgan fingerprint density at radius 2 is 1.85 bits per heavy atom. The van der Waals surface area contributed by atoms with Crippen molar-refractivity contribution in [1.82, 2.24) is 19.9 Å². The zero-order valence-electron chi connectivity index (χ0n) is 18.9. The quantitative estimate of drug-likeness (QED) is 0.355. The summed E-state index contributed by atoms with van der Waals surface area (Å²) in [7, 11) is 1.57. The molecule has 0 aliphatic carbocycles. The van der Waals surface area contributed by atoms with Gasteiger partial charge in [0.25, 0.3) is 11.5 Å². The van der Waals surface area contributed by atoms with E-state index in [2.05, 4.69) is 20.6 Å². The van der Waals surface area contributed by atoms with Crippen molar-refractivity contribution < 1.29 is 9.53 Å². The molecule has 0 aliphatic rings. The van der Waals surface area contributed by atoms with E-state index >= 15 is 0 Å². The van der Waals surface area contributed by atoms with Crippen molar-refractivity contribution in [3.05, 3.63) is 80.3 Å². The molecule has 0 saturated carbocycles. The van der Waals surface area contributed by atoms with Gasteiger partial charge in [-0.25, -0.2) is 4.98 Å². The molecule has 1 amide bonds. The zero-order chi connectivity index (χ0) is 24.3. The van der Waals surface area contributed by atoms with E-state index in [1.54, 1.807) is 49.8 Å². The summed E-state index contributed by atoms with van der Waals surface area (Å²) < 4.78 is 6.55. The Morgan fingerprint density at radius 3 is 2.62 bits per heavy atom. The summed E-state index contributed by atoms with van der Waals surface area (Å²) in [5.74, 6) is 0.692. The molecule has 2 heterocycles. The van der Waals surface area contributed by atoms with Gasteiger partial charge in [0.2, 0.25) is 11.8 Å². The zero-order valence-corrected chi connectivity index (χ0v) is 20.4. The first-order chi connectivity index (χ1) is 16.5. The molecule has 0 saturated heterocycles. The maximum atomic E-state index is 12.7. The van der Waals surface area contributed by atoms with Gasteiger partial charge in [0.05, 0.1) is 23.7 Å². The van der Waals surface area contributed by atoms with E-state index in [4.69, 9.17) is 27.9 Å². The van der Waals surface area contributed by atoms with E-state index in [1.165, 1.54) is 10.6 Å². The maximum absolute atomic E-state index is 12.7. The Balaban J connectivity index is 1.38. The number of nitrogens with one attached hydrogen (secondary N) is 2. The predicted octanol–water partition coefficient (Wildman–Crippen LogP) is 4.40. The lowest BCUT2D eigenvalue weighted by atomic mass is 10.2. The Hall–Kier alpha value is -3.10. The van der Waals surface area contributed by atoms with Crippen molar-refractivity contribution >= 4 is 35.1 Å². The van der Waals surface area contributed by atoms with Crippen molar-refractivity contribution in [3.8, 4) is 5.88 Å². The molecule has 0 aliphatic heterocycles. The number of rotatable bonds is 12. The van der Waals surface area contributed by atoms with Gasteiger partial charge in [-0.3, -0.25) is 9.59 Å². The number of unbranched alkanes of at least 4 members (excludes halogenated alkanes) is 3. The minimum Gasteiger partial charge on any atom is -0.481 e. The average Bonchev–Trinajstić information content (AvgIpc) is 2.84. The van der Waals surface area contributed by atoms with Crippen LogP contribution in [0.2, 0.25) is 10.0 Å². The van der Waals surface area contributed by atoms with Crippen molar-refractivity contribution in [2.75, 3.05) is 25.5 Å². The van der Waals surface area contributed by atoms with E-state index in [0.29, 0.717) is 35.0 Å². The van der Waals surface area contributed by atoms with Crippen molar-refractivity contribution in [2.45, 2.75) is 32.2 Å². The lowest BCUT2D eigenvalue weighted by Gasteiger charge is -2.10. The second kappa shape index (κ2) is 13.0. The van der Waals surface area contributed by atoms with Gasteiger partial charge in [-0.2, -0.15) is 4.98 Å². The first kappa shape index (κ1) is 25.5. The molecule has 3 rings (SSSR count). The molecule has 2 aromatic heterocycles. The summed E-state index contributed by atoms with van der Waals surface area (Å²) in [5, 5.41) is 6.87. The third-order valence-electron chi connectivity index (χ3n) is 5.11. The summed E-state index contributed by atoms with van der Waals surface area (Å²) in [6.07, 6.45) is 7.02. The molecule has 0 radical (unpaired) electrons. The predicted molar refractivity (Wildman–Crippen MR) is 134 cm³/mol. The molecule has 10 heteroatoms. The number of pyridine rings is 1. The molecule has 1 aromatic carbocycles. The number of halogens is 2. The Labute approximate surface area is 208 Å². The highest BCUT2D eigenvalue weighted by Crippen LogP contribution is 2.22. The summed E-state index contributed by atoms with van der Waals surface area (Å²) in [4.78, 5) is 33.6. The number of methoxy groups -OCH3 is 1. The Bertz CT molecular complexity index is 1170. The smallest absolute Gasteiger partial charge is 0.263 e. The summed E-state index contributed by atoms with van der Waals surface area (Å²) in [6.45, 7) is 1.56. The number of aromatic nitrogens is 3. The lowest BCUT2D eigenvalue weighted by Crippen LogP contribution is -2.33. The summed E-state index contributed by atoms with van der Waals surface area (Å²) in [6, 6.07) is 10.1. The molecule has 2 N–H and O–H groups in total. The number of hydrogen-bond donors (Lipinski definition) is 2. The van der Waals surface area contributed by atoms with Gasteiger partial charge in [-0.15, -0.1) is 0 Å². The van der Waals surface area contributed by atoms with E-state index in [9.17, 15) is 9.59 Å². The SMILES string of the molecule is COc1ccnc(NCCCCCCNC(=O)c2cccn(Cc3ccc(Cl)c(Cl)c3)c2=O)n1. The van der Waals surface area contributed by atoms with Crippen LogP contribution < -0.4 is 20.9 Å². The largest absolute Gasteiger partial charge is 0.481 e. The Kier molecular flexibility index (Phi) is 9.73. The van der Waals surface area contributed by atoms with Crippen LogP contribution in [0, 0.1) is 0 Å². The van der Waals surface area contributed by atoms with Gasteiger partial charge in [0.15, 0.2) is 0 Å². The molecular formula is C24H27Cl2N5O3. The number of benzene rings is 1. The van der Waals surface area contributed by atoms with Gasteiger partial charge in [0, 0.05) is 31.5 Å². The van der Waals surface area contributed by atoms with Gasteiger partial charge in [-0.1, -0.05) is 42.1 Å². The molecule has 0 atom stereocenters. The topological polar surface area (TPSA) is 98.1 Å². The molecule has 0 bridgehead atoms. The molecule has 0 spiro atoms. The fourth-order valence-corrected chi connectivity index (χ4v) is 3.63. The molecular weight excluding hydrogens is 477 g/mol. The van der Waals surface area contributed by atoms with Gasteiger partial charge < -0.3 is 19.9 Å². The number of nitrogens with zero attached hydrogens (tertiary/aromatic N) is 3. The monoisotopic (exact) mass is 503 g/mol. The van der Waals surface area contributed by atoms with E-state index in [1.807, 2.05) is 0 Å². The number of carbonyl (C=O) groups is 1. The average molecular weight is 504 g/mol. The first-order valence-electron chi connectivity index (χ1n) is 11.0. The summed E-state index contributed by atoms with van der Waals surface area (Å²) >= 11 is 12.0. The van der Waals surface area contributed by atoms with Crippen LogP contribution in [0.3, 0.4) is 0 Å². The number of anilines is 1. The van der Waals surface area contributed by atoms with Crippen molar-refractivity contribution in [1.29, 1.82) is 0 Å². The van der Waals surface area contributed by atoms with Gasteiger partial charge in [0.1, 0.15) is 5.56 Å². The van der Waals surface area contributed by atoms with Crippen LogP contribution in [-0.4, -0.2) is 40.6 Å². The fourth-order valence-electron chi connectivity index (χ4n) is 3.31. The normalized spacial score (nSPS) is 10.7. The summed E-state index contributed by atoms with van der Waals surface area (Å²) in [5.41, 5.74) is 0.587. The van der Waals surface area contributed by atoms with Crippen LogP contribution in [0.1, 0.15) is 41.6 Å². The van der Waals surface area contributed by atoms with Crippen LogP contribution in [0.5, 0.6) is 5.88 Å². The molecule has 8 nitrogen and oxygen atoms in total. The Morgan fingerprint density at radius 1 is 1.06 bits per heavy atom. The highest BCUT2D eigenvalue weighted by Gasteiger charge is 2.12. The number of amides is 1. The molecule has 0 unspecified atom stereocenters. The number of hydrogen-bond acceptors (Lipinski definition) is 6. The maximum Gasteiger partial charge on any atom is 0.263 e. The lowest BCUT2D eigenvalue weighted by molar-refractivity contribution is 0.0951. The minimum atomic E-state index is -0.370. The fraction of sp³-hybridized carbons (Fsp3) is 0.333. The first-order valence-corrected chi connectivity index (χ1v) is 11.8. The van der Waals surface area contributed by atoms with Crippen molar-refractivity contribution in [2.24, 2.45) is 0 Å². The highest BCUT2D eigenvalue weighted by molar-refractivity contribution is 6.42. The highest BCUT2D eigenvalue weighted by atomic mass is 35.5. The van der Waals surface area contributed by atoms with Gasteiger partial charge in [-0.05, 0) is 42.7 Å². The second-order valence-electron chi connectivity index (χ2n) is 7.62. The number of ether oxygens (including phenoxy) is 1. The van der Waals surface area contributed by atoms with Crippen LogP contribution >= 0.6 is 23.2 Å². The van der Waals surface area contributed by atoms with E-state index in [-0.39, 0.29) is 17.0 Å². The third-order valence-corrected chi connectivity index (χ3v) is 5.85. The van der Waals surface area contributed by atoms with Crippen LogP contribution in [-0.2, 0) is 6.54 Å². The molecule has 0 fully saturated rings. The molecule has 180 valence electrons. The molecule has 34 heavy (non-hydrogen) atoms. The van der Waals surface area contributed by atoms with E-state index < -0.39 is 0 Å². The standard InChI is InChI=1S/C24H27Cl2N5O3/c1-34-21-10-13-29-24(30-21)28-12-5-3-2-4-11-27-22(32)18-7-6-14-31(23(18)33)16-17-8-9-19(25)20(26)15-17/h6-10,13-15H,2-5,11-12,16H2,1H3,(H,27,32)(H,28,29,30).